The maximum atomic E-state index is 12.4. The van der Waals surface area contributed by atoms with Gasteiger partial charge in [0.15, 0.2) is 5.78 Å². The van der Waals surface area contributed by atoms with Crippen LogP contribution in [0.2, 0.25) is 0 Å². The highest BCUT2D eigenvalue weighted by Gasteiger charge is 2.21. The van der Waals surface area contributed by atoms with Crippen molar-refractivity contribution >= 4 is 5.78 Å². The molecule has 1 saturated heterocycles. The summed E-state index contributed by atoms with van der Waals surface area (Å²) in [6, 6.07) is 7.39. The van der Waals surface area contributed by atoms with Gasteiger partial charge in [-0.1, -0.05) is 19.1 Å². The van der Waals surface area contributed by atoms with Crippen LogP contribution < -0.4 is 4.74 Å². The molecule has 4 heteroatoms. The number of hydrogen-bond acceptors (Lipinski definition) is 4. The van der Waals surface area contributed by atoms with Crippen molar-refractivity contribution in [2.24, 2.45) is 0 Å². The Morgan fingerprint density at radius 2 is 2.25 bits per heavy atom. The van der Waals surface area contributed by atoms with Gasteiger partial charge >= 0.3 is 0 Å². The van der Waals surface area contributed by atoms with Crippen molar-refractivity contribution in [2.75, 3.05) is 33.4 Å². The molecule has 0 amide bonds. The molecule has 1 aromatic carbocycles. The van der Waals surface area contributed by atoms with Crippen LogP contribution in [0.4, 0.5) is 0 Å². The molecule has 1 aliphatic heterocycles. The lowest BCUT2D eigenvalue weighted by atomic mass is 10.1. The van der Waals surface area contributed by atoms with Crippen LogP contribution in [0.3, 0.4) is 0 Å². The van der Waals surface area contributed by atoms with Crippen molar-refractivity contribution in [2.45, 2.75) is 25.9 Å². The number of nitrogens with zero attached hydrogens (tertiary/aromatic N) is 1. The van der Waals surface area contributed by atoms with Gasteiger partial charge < -0.3 is 9.47 Å². The molecule has 1 aliphatic rings. The Balaban J connectivity index is 1.97. The van der Waals surface area contributed by atoms with Crippen molar-refractivity contribution in [3.8, 4) is 5.75 Å². The standard InChI is InChI=1S/C16H23NO3/c1-3-17(11-13-7-6-10-20-13)12-15(18)14-8-4-5-9-16(14)19-2/h4-5,8-9,13H,3,6-7,10-12H2,1-2H3. The van der Waals surface area contributed by atoms with Gasteiger partial charge in [0.25, 0.3) is 0 Å². The van der Waals surface area contributed by atoms with Gasteiger partial charge in [0.05, 0.1) is 25.3 Å². The maximum Gasteiger partial charge on any atom is 0.180 e. The largest absolute Gasteiger partial charge is 0.496 e. The summed E-state index contributed by atoms with van der Waals surface area (Å²) < 4.78 is 10.9. The second-order valence-corrected chi connectivity index (χ2v) is 5.09. The molecule has 0 spiro atoms. The molecular weight excluding hydrogens is 254 g/mol. The third-order valence-electron chi connectivity index (χ3n) is 3.71. The highest BCUT2D eigenvalue weighted by atomic mass is 16.5. The summed E-state index contributed by atoms with van der Waals surface area (Å²) in [5, 5.41) is 0. The number of likely N-dealkylation sites (N-methyl/N-ethyl adjacent to an activating group) is 1. The fourth-order valence-electron chi connectivity index (χ4n) is 2.55. The van der Waals surface area contributed by atoms with Crippen molar-refractivity contribution in [3.63, 3.8) is 0 Å². The third-order valence-corrected chi connectivity index (χ3v) is 3.71. The molecule has 0 aliphatic carbocycles. The first-order valence-electron chi connectivity index (χ1n) is 7.24. The second-order valence-electron chi connectivity index (χ2n) is 5.09. The minimum atomic E-state index is 0.0993. The van der Waals surface area contributed by atoms with Crippen LogP contribution in [0.15, 0.2) is 24.3 Å². The number of hydrogen-bond donors (Lipinski definition) is 0. The van der Waals surface area contributed by atoms with Gasteiger partial charge in [-0.2, -0.15) is 0 Å². The molecule has 2 rings (SSSR count). The highest BCUT2D eigenvalue weighted by Crippen LogP contribution is 2.19. The molecule has 1 heterocycles. The summed E-state index contributed by atoms with van der Waals surface area (Å²) in [6.07, 6.45) is 2.50. The molecule has 0 saturated carbocycles. The Morgan fingerprint density at radius 1 is 1.45 bits per heavy atom. The lowest BCUT2D eigenvalue weighted by Gasteiger charge is -2.23. The number of methoxy groups -OCH3 is 1. The molecule has 0 radical (unpaired) electrons. The summed E-state index contributed by atoms with van der Waals surface area (Å²) in [4.78, 5) is 14.5. The molecule has 0 aromatic heterocycles. The molecular formula is C16H23NO3. The molecule has 1 aromatic rings. The zero-order valence-corrected chi connectivity index (χ0v) is 12.3. The van der Waals surface area contributed by atoms with Gasteiger partial charge in [-0.3, -0.25) is 9.69 Å². The minimum absolute atomic E-state index is 0.0993. The number of rotatable bonds is 7. The van der Waals surface area contributed by atoms with Crippen molar-refractivity contribution in [1.29, 1.82) is 0 Å². The molecule has 0 N–H and O–H groups in total. The van der Waals surface area contributed by atoms with E-state index in [2.05, 4.69) is 11.8 Å². The van der Waals surface area contributed by atoms with Crippen LogP contribution in [0.1, 0.15) is 30.1 Å². The Kier molecular flexibility index (Phi) is 5.56. The Labute approximate surface area is 120 Å². The maximum absolute atomic E-state index is 12.4. The van der Waals surface area contributed by atoms with Crippen LogP contribution in [0.25, 0.3) is 0 Å². The zero-order valence-electron chi connectivity index (χ0n) is 12.3. The van der Waals surface area contributed by atoms with E-state index in [4.69, 9.17) is 9.47 Å². The second kappa shape index (κ2) is 7.41. The lowest BCUT2D eigenvalue weighted by molar-refractivity contribution is 0.0685. The normalized spacial score (nSPS) is 18.4. The topological polar surface area (TPSA) is 38.8 Å². The number of carbonyl (C=O) groups excluding carboxylic acids is 1. The van der Waals surface area contributed by atoms with Gasteiger partial charge in [0, 0.05) is 13.2 Å². The average molecular weight is 277 g/mol. The van der Waals surface area contributed by atoms with Crippen LogP contribution in [-0.4, -0.2) is 50.1 Å². The molecule has 1 atom stereocenters. The van der Waals surface area contributed by atoms with Gasteiger partial charge in [0.1, 0.15) is 5.75 Å². The molecule has 1 fully saturated rings. The fourth-order valence-corrected chi connectivity index (χ4v) is 2.55. The first-order valence-corrected chi connectivity index (χ1v) is 7.24. The number of ether oxygens (including phenoxy) is 2. The lowest BCUT2D eigenvalue weighted by Crippen LogP contribution is -2.36. The number of Topliss-reactive ketones (excluding diaryl/α,β-unsaturated/α-hetero) is 1. The Hall–Kier alpha value is -1.39. The summed E-state index contributed by atoms with van der Waals surface area (Å²) in [6.45, 7) is 5.02. The summed E-state index contributed by atoms with van der Waals surface area (Å²) in [5.74, 6) is 0.743. The van der Waals surface area contributed by atoms with Gasteiger partial charge in [-0.05, 0) is 31.5 Å². The number of ketones is 1. The average Bonchev–Trinajstić information content (AvgIpc) is 2.99. The van der Waals surface area contributed by atoms with Gasteiger partial charge in [-0.15, -0.1) is 0 Å². The van der Waals surface area contributed by atoms with Crippen molar-refractivity contribution < 1.29 is 14.3 Å². The predicted molar refractivity (Wildman–Crippen MR) is 78.4 cm³/mol. The SMILES string of the molecule is CCN(CC(=O)c1ccccc1OC)CC1CCCO1. The van der Waals surface area contributed by atoms with E-state index in [1.807, 2.05) is 24.3 Å². The number of para-hydroxylation sites is 1. The molecule has 4 nitrogen and oxygen atoms in total. The first-order chi connectivity index (χ1) is 9.74. The molecule has 110 valence electrons. The van der Waals surface area contributed by atoms with E-state index in [0.717, 1.165) is 32.5 Å². The van der Waals surface area contributed by atoms with Crippen molar-refractivity contribution in [1.82, 2.24) is 4.90 Å². The highest BCUT2D eigenvalue weighted by molar-refractivity contribution is 6.00. The molecule has 20 heavy (non-hydrogen) atoms. The first kappa shape index (κ1) is 15.0. The van der Waals surface area contributed by atoms with Gasteiger partial charge in [-0.25, -0.2) is 0 Å². The fraction of sp³-hybridized carbons (Fsp3) is 0.562. The van der Waals surface area contributed by atoms with E-state index in [-0.39, 0.29) is 11.9 Å². The van der Waals surface area contributed by atoms with Crippen LogP contribution in [-0.2, 0) is 4.74 Å². The Bertz CT molecular complexity index is 441. The van der Waals surface area contributed by atoms with Crippen LogP contribution in [0.5, 0.6) is 5.75 Å². The number of benzene rings is 1. The monoisotopic (exact) mass is 277 g/mol. The summed E-state index contributed by atoms with van der Waals surface area (Å²) in [7, 11) is 1.59. The van der Waals surface area contributed by atoms with E-state index in [1.165, 1.54) is 0 Å². The molecule has 1 unspecified atom stereocenters. The predicted octanol–water partition coefficient (Wildman–Crippen LogP) is 2.38. The van der Waals surface area contributed by atoms with E-state index in [0.29, 0.717) is 17.9 Å². The van der Waals surface area contributed by atoms with Gasteiger partial charge in [0.2, 0.25) is 0 Å². The van der Waals surface area contributed by atoms with Crippen molar-refractivity contribution in [3.05, 3.63) is 29.8 Å². The minimum Gasteiger partial charge on any atom is -0.496 e. The molecule has 0 bridgehead atoms. The van der Waals surface area contributed by atoms with Crippen LogP contribution >= 0.6 is 0 Å². The smallest absolute Gasteiger partial charge is 0.180 e. The number of carbonyl (C=O) groups is 1. The van der Waals surface area contributed by atoms with E-state index < -0.39 is 0 Å². The van der Waals surface area contributed by atoms with E-state index in [1.54, 1.807) is 7.11 Å². The quantitative estimate of drug-likeness (QED) is 0.717. The van der Waals surface area contributed by atoms with E-state index in [9.17, 15) is 4.79 Å². The van der Waals surface area contributed by atoms with E-state index >= 15 is 0 Å². The third kappa shape index (κ3) is 3.81. The van der Waals surface area contributed by atoms with Crippen LogP contribution in [0, 0.1) is 0 Å². The zero-order chi connectivity index (χ0) is 14.4. The summed E-state index contributed by atoms with van der Waals surface area (Å²) in [5.41, 5.74) is 0.654. The summed E-state index contributed by atoms with van der Waals surface area (Å²) >= 11 is 0. The Morgan fingerprint density at radius 3 is 2.90 bits per heavy atom.